The van der Waals surface area contributed by atoms with Gasteiger partial charge in [-0.15, -0.1) is 0 Å². The Morgan fingerprint density at radius 3 is 3.10 bits per heavy atom. The fourth-order valence-electron chi connectivity index (χ4n) is 5.00. The van der Waals surface area contributed by atoms with E-state index in [9.17, 15) is 14.0 Å². The monoisotopic (exact) mass is 412 g/mol. The summed E-state index contributed by atoms with van der Waals surface area (Å²) in [6.07, 6.45) is 4.87. The number of nitrogens with zero attached hydrogens (tertiary/aromatic N) is 2. The summed E-state index contributed by atoms with van der Waals surface area (Å²) in [6.45, 7) is 4.94. The highest BCUT2D eigenvalue weighted by atomic mass is 19.1. The second-order valence-electron chi connectivity index (χ2n) is 8.70. The number of benzene rings is 1. The summed E-state index contributed by atoms with van der Waals surface area (Å²) in [6, 6.07) is 4.53. The van der Waals surface area contributed by atoms with Gasteiger partial charge in [0.15, 0.2) is 0 Å². The van der Waals surface area contributed by atoms with Gasteiger partial charge in [0.05, 0.1) is 35.5 Å². The minimum atomic E-state index is -0.655. The molecule has 0 radical (unpaired) electrons. The molecule has 1 spiro atoms. The van der Waals surface area contributed by atoms with Gasteiger partial charge in [0.25, 0.3) is 0 Å². The molecule has 2 amide bonds. The van der Waals surface area contributed by atoms with Crippen molar-refractivity contribution >= 4 is 22.8 Å². The molecule has 7 nitrogen and oxygen atoms in total. The van der Waals surface area contributed by atoms with Gasteiger partial charge in [0.2, 0.25) is 11.8 Å². The Hall–Kier alpha value is -2.74. The average molecular weight is 412 g/mol. The number of ether oxygens (including phenoxy) is 1. The van der Waals surface area contributed by atoms with E-state index >= 15 is 0 Å². The number of fused-ring (bicyclic) bond motifs is 2. The van der Waals surface area contributed by atoms with Gasteiger partial charge in [0.1, 0.15) is 17.2 Å². The predicted octanol–water partition coefficient (Wildman–Crippen LogP) is 1.94. The van der Waals surface area contributed by atoms with E-state index in [0.29, 0.717) is 31.4 Å². The maximum Gasteiger partial charge on any atom is 0.230 e. The number of hydrogen-bond acceptors (Lipinski definition) is 4. The number of amides is 2. The summed E-state index contributed by atoms with van der Waals surface area (Å²) in [5.41, 5.74) is 0.734. The molecule has 2 saturated heterocycles. The summed E-state index contributed by atoms with van der Waals surface area (Å²) in [4.78, 5) is 35.2. The molecule has 0 unspecified atom stereocenters. The van der Waals surface area contributed by atoms with Crippen molar-refractivity contribution in [3.8, 4) is 0 Å². The number of imidazole rings is 1. The SMILES string of the molecule is CC(C)N1C[C@@]23C=C[C@@H](O2)[C@H](C(=O)NCCCc2nc4ccc(F)cc4[nH]2)[C@H]3C1=O. The minimum absolute atomic E-state index is 0.00603. The fourth-order valence-corrected chi connectivity index (χ4v) is 5.00. The molecule has 2 N–H and O–H groups in total. The fraction of sp³-hybridized carbons (Fsp3) is 0.500. The highest BCUT2D eigenvalue weighted by Gasteiger charge is 2.66. The lowest BCUT2D eigenvalue weighted by Crippen LogP contribution is -2.44. The van der Waals surface area contributed by atoms with Crippen LogP contribution in [0.25, 0.3) is 11.0 Å². The lowest BCUT2D eigenvalue weighted by molar-refractivity contribution is -0.138. The molecule has 2 fully saturated rings. The average Bonchev–Trinajstić information content (AvgIpc) is 3.44. The minimum Gasteiger partial charge on any atom is -0.360 e. The topological polar surface area (TPSA) is 87.3 Å². The lowest BCUT2D eigenvalue weighted by Gasteiger charge is -2.24. The van der Waals surface area contributed by atoms with Crippen LogP contribution in [0.2, 0.25) is 0 Å². The molecule has 2 bridgehead atoms. The second kappa shape index (κ2) is 6.91. The first kappa shape index (κ1) is 19.2. The molecular weight excluding hydrogens is 387 g/mol. The Morgan fingerprint density at radius 2 is 2.30 bits per heavy atom. The number of H-pyrrole nitrogens is 1. The van der Waals surface area contributed by atoms with Crippen molar-refractivity contribution in [2.24, 2.45) is 11.8 Å². The van der Waals surface area contributed by atoms with Gasteiger partial charge >= 0.3 is 0 Å². The number of aromatic amines is 1. The third kappa shape index (κ3) is 2.93. The Kier molecular flexibility index (Phi) is 4.43. The molecule has 5 rings (SSSR count). The zero-order valence-corrected chi connectivity index (χ0v) is 17.0. The number of nitrogens with one attached hydrogen (secondary N) is 2. The van der Waals surface area contributed by atoms with Gasteiger partial charge in [-0.3, -0.25) is 9.59 Å². The van der Waals surface area contributed by atoms with E-state index in [1.165, 1.54) is 12.1 Å². The number of likely N-dealkylation sites (tertiary alicyclic amines) is 1. The Morgan fingerprint density at radius 1 is 1.47 bits per heavy atom. The van der Waals surface area contributed by atoms with Crippen molar-refractivity contribution < 1.29 is 18.7 Å². The van der Waals surface area contributed by atoms with Crippen molar-refractivity contribution in [1.82, 2.24) is 20.2 Å². The second-order valence-corrected chi connectivity index (χ2v) is 8.70. The van der Waals surface area contributed by atoms with E-state index in [1.54, 1.807) is 11.0 Å². The van der Waals surface area contributed by atoms with E-state index in [4.69, 9.17) is 4.74 Å². The van der Waals surface area contributed by atoms with Gasteiger partial charge in [0, 0.05) is 19.0 Å². The summed E-state index contributed by atoms with van der Waals surface area (Å²) < 4.78 is 19.4. The lowest BCUT2D eigenvalue weighted by atomic mass is 9.77. The summed E-state index contributed by atoms with van der Waals surface area (Å²) in [7, 11) is 0. The first-order valence-electron chi connectivity index (χ1n) is 10.5. The first-order chi connectivity index (χ1) is 14.4. The molecule has 4 atom stereocenters. The summed E-state index contributed by atoms with van der Waals surface area (Å²) >= 11 is 0. The van der Waals surface area contributed by atoms with Crippen LogP contribution in [0.1, 0.15) is 26.1 Å². The van der Waals surface area contributed by atoms with Crippen LogP contribution in [-0.2, 0) is 20.7 Å². The molecule has 8 heteroatoms. The van der Waals surface area contributed by atoms with Crippen molar-refractivity contribution in [3.63, 3.8) is 0 Å². The van der Waals surface area contributed by atoms with Gasteiger partial charge < -0.3 is 19.9 Å². The number of carbonyl (C=O) groups is 2. The number of aryl methyl sites for hydroxylation is 1. The van der Waals surface area contributed by atoms with E-state index in [1.807, 2.05) is 26.0 Å². The summed E-state index contributed by atoms with van der Waals surface area (Å²) in [5.74, 6) is -0.607. The predicted molar refractivity (Wildman–Crippen MR) is 108 cm³/mol. The van der Waals surface area contributed by atoms with E-state index in [-0.39, 0.29) is 29.8 Å². The standard InChI is InChI=1S/C22H25FN4O3/c1-12(2)27-11-22-8-7-16(30-22)18(19(22)21(27)29)20(28)24-9-3-4-17-25-14-6-5-13(23)10-15(14)26-17/h5-8,10,12,16,18-19H,3-4,9,11H2,1-2H3,(H,24,28)(H,25,26)/t16-,18+,19+,22-/m1/s1. The van der Waals surface area contributed by atoms with Crippen molar-refractivity contribution in [1.29, 1.82) is 0 Å². The first-order valence-corrected chi connectivity index (χ1v) is 10.5. The van der Waals surface area contributed by atoms with E-state index < -0.39 is 17.4 Å². The van der Waals surface area contributed by atoms with Crippen molar-refractivity contribution in [3.05, 3.63) is 42.0 Å². The Bertz CT molecular complexity index is 1050. The van der Waals surface area contributed by atoms with Crippen LogP contribution in [0.5, 0.6) is 0 Å². The van der Waals surface area contributed by atoms with Crippen molar-refractivity contribution in [2.45, 2.75) is 44.4 Å². The zero-order valence-electron chi connectivity index (χ0n) is 17.0. The number of rotatable bonds is 6. The van der Waals surface area contributed by atoms with Crippen LogP contribution in [0.4, 0.5) is 4.39 Å². The largest absolute Gasteiger partial charge is 0.360 e. The quantitative estimate of drug-likeness (QED) is 0.561. The molecule has 3 aliphatic heterocycles. The van der Waals surface area contributed by atoms with Crippen LogP contribution in [0, 0.1) is 17.7 Å². The van der Waals surface area contributed by atoms with Gasteiger partial charge in [-0.2, -0.15) is 0 Å². The van der Waals surface area contributed by atoms with Crippen LogP contribution in [0.3, 0.4) is 0 Å². The van der Waals surface area contributed by atoms with Crippen LogP contribution < -0.4 is 5.32 Å². The molecule has 2 aromatic rings. The molecule has 0 aliphatic carbocycles. The zero-order chi connectivity index (χ0) is 21.0. The van der Waals surface area contributed by atoms with Crippen molar-refractivity contribution in [2.75, 3.05) is 13.1 Å². The van der Waals surface area contributed by atoms with E-state index in [2.05, 4.69) is 15.3 Å². The third-order valence-corrected chi connectivity index (χ3v) is 6.44. The molecule has 1 aromatic heterocycles. The normalized spacial score (nSPS) is 29.4. The number of halogens is 1. The van der Waals surface area contributed by atoms with E-state index in [0.717, 1.165) is 11.3 Å². The van der Waals surface area contributed by atoms with Crippen LogP contribution in [0.15, 0.2) is 30.4 Å². The van der Waals surface area contributed by atoms with Gasteiger partial charge in [-0.25, -0.2) is 9.37 Å². The molecule has 30 heavy (non-hydrogen) atoms. The molecule has 3 aliphatic rings. The highest BCUT2D eigenvalue weighted by Crippen LogP contribution is 2.52. The van der Waals surface area contributed by atoms with Gasteiger partial charge in [-0.05, 0) is 38.5 Å². The number of carbonyl (C=O) groups excluding carboxylic acids is 2. The number of hydrogen-bond donors (Lipinski definition) is 2. The highest BCUT2D eigenvalue weighted by molar-refractivity contribution is 5.93. The smallest absolute Gasteiger partial charge is 0.230 e. The van der Waals surface area contributed by atoms with Crippen LogP contribution in [-0.4, -0.2) is 57.5 Å². The summed E-state index contributed by atoms with van der Waals surface area (Å²) in [5, 5.41) is 2.97. The van der Waals surface area contributed by atoms with Gasteiger partial charge in [-0.1, -0.05) is 12.2 Å². The maximum absolute atomic E-state index is 13.3. The molecule has 4 heterocycles. The van der Waals surface area contributed by atoms with Crippen LogP contribution >= 0.6 is 0 Å². The molecular formula is C22H25FN4O3. The molecule has 0 saturated carbocycles. The molecule has 158 valence electrons. The third-order valence-electron chi connectivity index (χ3n) is 6.44. The number of aromatic nitrogens is 2. The Balaban J connectivity index is 1.20. The maximum atomic E-state index is 13.3. The Labute approximate surface area is 173 Å². The molecule has 1 aromatic carbocycles.